The lowest BCUT2D eigenvalue weighted by Gasteiger charge is -2.23. The number of halogens is 1. The molecule has 106 valence electrons. The maximum absolute atomic E-state index is 12.1. The Labute approximate surface area is 126 Å². The van der Waals surface area contributed by atoms with Crippen molar-refractivity contribution in [3.63, 3.8) is 0 Å². The number of benzene rings is 1. The average molecular weight is 337 g/mol. The highest BCUT2D eigenvalue weighted by Crippen LogP contribution is 2.14. The Balaban J connectivity index is 2.17. The average Bonchev–Trinajstić information content (AvgIpc) is 2.89. The Hall–Kier alpha value is -1.66. The molecule has 0 spiro atoms. The summed E-state index contributed by atoms with van der Waals surface area (Å²) in [5.41, 5.74) is 6.57. The molecule has 0 aliphatic carbocycles. The van der Waals surface area contributed by atoms with Crippen molar-refractivity contribution in [1.82, 2.24) is 15.1 Å². The molecule has 2 rings (SSSR count). The normalized spacial score (nSPS) is 11.4. The molecule has 0 atom stereocenters. The van der Waals surface area contributed by atoms with Gasteiger partial charge in [-0.05, 0) is 38.1 Å². The number of carbonyl (C=O) groups excluding carboxylic acids is 1. The number of hydrogen-bond acceptors (Lipinski definition) is 3. The molecule has 0 aliphatic rings. The summed E-state index contributed by atoms with van der Waals surface area (Å²) in [6.07, 6.45) is 3.25. The van der Waals surface area contributed by atoms with Crippen molar-refractivity contribution in [2.24, 2.45) is 5.73 Å². The summed E-state index contributed by atoms with van der Waals surface area (Å²) in [5, 5.41) is 7.07. The molecule has 0 bridgehead atoms. The molecule has 3 N–H and O–H groups in total. The van der Waals surface area contributed by atoms with Gasteiger partial charge in [0.1, 0.15) is 0 Å². The predicted octanol–water partition coefficient (Wildman–Crippen LogP) is 2.10. The monoisotopic (exact) mass is 336 g/mol. The van der Waals surface area contributed by atoms with Crippen LogP contribution in [0.3, 0.4) is 0 Å². The van der Waals surface area contributed by atoms with Crippen LogP contribution in [0.15, 0.2) is 41.1 Å². The summed E-state index contributed by atoms with van der Waals surface area (Å²) < 4.78 is 2.66. The minimum atomic E-state index is -0.434. The molecule has 1 amide bonds. The summed E-state index contributed by atoms with van der Waals surface area (Å²) in [7, 11) is 0. The third-order valence-corrected chi connectivity index (χ3v) is 3.43. The van der Waals surface area contributed by atoms with Gasteiger partial charge in [0.2, 0.25) is 0 Å². The van der Waals surface area contributed by atoms with Gasteiger partial charge in [-0.2, -0.15) is 5.10 Å². The van der Waals surface area contributed by atoms with Crippen molar-refractivity contribution in [3.8, 4) is 5.69 Å². The largest absolute Gasteiger partial charge is 0.346 e. The second-order valence-corrected chi connectivity index (χ2v) is 6.11. The molecule has 20 heavy (non-hydrogen) atoms. The molecule has 6 heteroatoms. The highest BCUT2D eigenvalue weighted by molar-refractivity contribution is 9.10. The van der Waals surface area contributed by atoms with Crippen LogP contribution in [-0.2, 0) is 0 Å². The zero-order valence-electron chi connectivity index (χ0n) is 11.4. The zero-order chi connectivity index (χ0) is 14.8. The van der Waals surface area contributed by atoms with E-state index in [2.05, 4.69) is 26.3 Å². The first-order valence-corrected chi connectivity index (χ1v) is 7.04. The molecule has 1 aromatic heterocycles. The van der Waals surface area contributed by atoms with E-state index in [1.54, 1.807) is 17.1 Å². The lowest BCUT2D eigenvalue weighted by atomic mass is 10.1. The quantitative estimate of drug-likeness (QED) is 0.897. The molecule has 2 aromatic rings. The van der Waals surface area contributed by atoms with Gasteiger partial charge in [0.05, 0.1) is 17.4 Å². The van der Waals surface area contributed by atoms with E-state index in [-0.39, 0.29) is 5.91 Å². The second-order valence-electron chi connectivity index (χ2n) is 5.19. The number of rotatable bonds is 4. The molecule has 0 saturated heterocycles. The summed E-state index contributed by atoms with van der Waals surface area (Å²) in [5.74, 6) is -0.177. The number of amides is 1. The van der Waals surface area contributed by atoms with Crippen molar-refractivity contribution in [1.29, 1.82) is 0 Å². The maximum Gasteiger partial charge on any atom is 0.254 e. The fourth-order valence-electron chi connectivity index (χ4n) is 1.61. The minimum absolute atomic E-state index is 0.177. The number of hydrogen-bond donors (Lipinski definition) is 2. The van der Waals surface area contributed by atoms with E-state index in [1.807, 2.05) is 38.1 Å². The van der Waals surface area contributed by atoms with Crippen LogP contribution in [-0.4, -0.2) is 27.8 Å². The molecule has 0 fully saturated rings. The number of carbonyl (C=O) groups is 1. The molecular weight excluding hydrogens is 320 g/mol. The van der Waals surface area contributed by atoms with E-state index in [0.717, 1.165) is 10.2 Å². The Morgan fingerprint density at radius 1 is 1.40 bits per heavy atom. The van der Waals surface area contributed by atoms with E-state index >= 15 is 0 Å². The molecule has 0 aliphatic heterocycles. The van der Waals surface area contributed by atoms with Crippen molar-refractivity contribution in [2.45, 2.75) is 19.4 Å². The van der Waals surface area contributed by atoms with E-state index < -0.39 is 5.54 Å². The van der Waals surface area contributed by atoms with E-state index in [1.165, 1.54) is 0 Å². The summed E-state index contributed by atoms with van der Waals surface area (Å²) in [4.78, 5) is 12.1. The van der Waals surface area contributed by atoms with Gasteiger partial charge >= 0.3 is 0 Å². The van der Waals surface area contributed by atoms with Crippen LogP contribution < -0.4 is 11.1 Å². The SMILES string of the molecule is CC(C)(CN)NC(=O)c1cnn(-c2ccc(Br)cc2)c1. The van der Waals surface area contributed by atoms with Gasteiger partial charge in [-0.25, -0.2) is 4.68 Å². The standard InChI is InChI=1S/C14H17BrN4O/c1-14(2,9-16)18-13(20)10-7-17-19(8-10)12-5-3-11(15)4-6-12/h3-8H,9,16H2,1-2H3,(H,18,20). The van der Waals surface area contributed by atoms with Crippen LogP contribution >= 0.6 is 15.9 Å². The van der Waals surface area contributed by atoms with E-state index in [9.17, 15) is 4.79 Å². The zero-order valence-corrected chi connectivity index (χ0v) is 13.0. The van der Waals surface area contributed by atoms with Gasteiger partial charge in [0.25, 0.3) is 5.91 Å². The molecular formula is C14H17BrN4O. The third-order valence-electron chi connectivity index (χ3n) is 2.90. The van der Waals surface area contributed by atoms with Gasteiger partial charge in [-0.3, -0.25) is 4.79 Å². The van der Waals surface area contributed by atoms with Gasteiger partial charge in [-0.15, -0.1) is 0 Å². The smallest absolute Gasteiger partial charge is 0.254 e. The summed E-state index contributed by atoms with van der Waals surface area (Å²) in [6.45, 7) is 4.13. The van der Waals surface area contributed by atoms with Crippen LogP contribution in [0.5, 0.6) is 0 Å². The first kappa shape index (κ1) is 14.7. The van der Waals surface area contributed by atoms with Gasteiger partial charge < -0.3 is 11.1 Å². The Bertz CT molecular complexity index is 604. The predicted molar refractivity (Wildman–Crippen MR) is 81.9 cm³/mol. The minimum Gasteiger partial charge on any atom is -0.346 e. The summed E-state index contributed by atoms with van der Waals surface area (Å²) in [6, 6.07) is 7.69. The third kappa shape index (κ3) is 3.46. The van der Waals surface area contributed by atoms with E-state index in [4.69, 9.17) is 5.73 Å². The Morgan fingerprint density at radius 3 is 2.65 bits per heavy atom. The van der Waals surface area contributed by atoms with Crippen molar-refractivity contribution >= 4 is 21.8 Å². The second kappa shape index (κ2) is 5.76. The maximum atomic E-state index is 12.1. The Morgan fingerprint density at radius 2 is 2.05 bits per heavy atom. The fraction of sp³-hybridized carbons (Fsp3) is 0.286. The highest BCUT2D eigenvalue weighted by Gasteiger charge is 2.20. The van der Waals surface area contributed by atoms with Crippen LogP contribution in [0.1, 0.15) is 24.2 Å². The first-order chi connectivity index (χ1) is 9.41. The number of nitrogens with zero attached hydrogens (tertiary/aromatic N) is 2. The number of nitrogens with one attached hydrogen (secondary N) is 1. The van der Waals surface area contributed by atoms with Gasteiger partial charge in [-0.1, -0.05) is 15.9 Å². The van der Waals surface area contributed by atoms with Crippen molar-refractivity contribution in [2.75, 3.05) is 6.54 Å². The number of aromatic nitrogens is 2. The summed E-state index contributed by atoms with van der Waals surface area (Å²) >= 11 is 3.38. The Kier molecular flexibility index (Phi) is 4.25. The van der Waals surface area contributed by atoms with Gasteiger partial charge in [0.15, 0.2) is 0 Å². The van der Waals surface area contributed by atoms with Crippen LogP contribution in [0.2, 0.25) is 0 Å². The molecule has 0 unspecified atom stereocenters. The molecule has 0 saturated carbocycles. The van der Waals surface area contributed by atoms with Crippen LogP contribution in [0, 0.1) is 0 Å². The van der Waals surface area contributed by atoms with E-state index in [0.29, 0.717) is 12.1 Å². The highest BCUT2D eigenvalue weighted by atomic mass is 79.9. The topological polar surface area (TPSA) is 72.9 Å². The lowest BCUT2D eigenvalue weighted by molar-refractivity contribution is 0.0915. The molecule has 1 aromatic carbocycles. The molecule has 1 heterocycles. The van der Waals surface area contributed by atoms with Crippen molar-refractivity contribution in [3.05, 3.63) is 46.7 Å². The van der Waals surface area contributed by atoms with Crippen molar-refractivity contribution < 1.29 is 4.79 Å². The molecule has 0 radical (unpaired) electrons. The van der Waals surface area contributed by atoms with Crippen LogP contribution in [0.4, 0.5) is 0 Å². The first-order valence-electron chi connectivity index (χ1n) is 6.24. The number of nitrogens with two attached hydrogens (primary N) is 1. The van der Waals surface area contributed by atoms with Gasteiger partial charge in [0, 0.05) is 22.8 Å². The van der Waals surface area contributed by atoms with Crippen LogP contribution in [0.25, 0.3) is 5.69 Å². The lowest BCUT2D eigenvalue weighted by Crippen LogP contribution is -2.48. The fourth-order valence-corrected chi connectivity index (χ4v) is 1.87. The molecule has 5 nitrogen and oxygen atoms in total.